The van der Waals surface area contributed by atoms with Crippen molar-refractivity contribution in [2.45, 2.75) is 50.6 Å². The van der Waals surface area contributed by atoms with Gasteiger partial charge < -0.3 is 15.4 Å². The molecule has 0 bridgehead atoms. The molecule has 2 fully saturated rings. The molecule has 3 aliphatic rings. The van der Waals surface area contributed by atoms with Crippen molar-refractivity contribution in [3.8, 4) is 11.3 Å². The van der Waals surface area contributed by atoms with Crippen LogP contribution in [0.25, 0.3) is 22.2 Å². The first kappa shape index (κ1) is 24.9. The van der Waals surface area contributed by atoms with E-state index in [1.165, 1.54) is 49.3 Å². The molecule has 2 heterocycles. The van der Waals surface area contributed by atoms with Crippen molar-refractivity contribution in [2.75, 3.05) is 5.32 Å². The zero-order valence-corrected chi connectivity index (χ0v) is 21.5. The Balaban J connectivity index is 0.000000258. The van der Waals surface area contributed by atoms with Gasteiger partial charge in [0.15, 0.2) is 0 Å². The van der Waals surface area contributed by atoms with Crippen LogP contribution in [-0.2, 0) is 6.54 Å². The standard InChI is InChI=1S/C22H21N5O3.C9H10/c28-21-16-8-15(25-22(29)30)9-18-19(16)17(11-24-27-21)20(26-18)13-4-1-3-12(7-13)10-23-14-5-2-6-14;1-2-4-8(5-3-1)9-6-7-9/h1,3-4,7-9,11,14,23,25-26H,2,5-6,10H2,(H,27,28)(H,29,30);1-5,9H,6-7H2. The highest BCUT2D eigenvalue weighted by Gasteiger charge is 2.23. The van der Waals surface area contributed by atoms with E-state index in [-0.39, 0.29) is 5.91 Å². The molecule has 4 aromatic rings. The maximum absolute atomic E-state index is 12.5. The van der Waals surface area contributed by atoms with Crippen LogP contribution >= 0.6 is 0 Å². The van der Waals surface area contributed by atoms with Gasteiger partial charge in [0.25, 0.3) is 5.91 Å². The summed E-state index contributed by atoms with van der Waals surface area (Å²) in [5.74, 6) is 0.527. The third-order valence-electron chi connectivity index (χ3n) is 7.56. The third kappa shape index (κ3) is 5.56. The van der Waals surface area contributed by atoms with E-state index in [1.807, 2.05) is 12.1 Å². The van der Waals surface area contributed by atoms with Gasteiger partial charge in [-0.05, 0) is 66.5 Å². The SMILES string of the molecule is O=C(O)Nc1cc2c3c(c(-c4cccc(CNC5CCC5)c4)[nH]c3c1)C=NNC2=O.c1ccc(C2CC2)cc1. The second kappa shape index (κ2) is 10.7. The Hall–Kier alpha value is -4.43. The quantitative estimate of drug-likeness (QED) is 0.207. The number of carboxylic acid groups (broad SMARTS) is 1. The second-order valence-electron chi connectivity index (χ2n) is 10.4. The van der Waals surface area contributed by atoms with Gasteiger partial charge in [-0.25, -0.2) is 10.2 Å². The van der Waals surface area contributed by atoms with Gasteiger partial charge in [-0.2, -0.15) is 5.10 Å². The highest BCUT2D eigenvalue weighted by atomic mass is 16.4. The molecule has 0 radical (unpaired) electrons. The first-order valence-corrected chi connectivity index (χ1v) is 13.5. The van der Waals surface area contributed by atoms with E-state index in [4.69, 9.17) is 5.11 Å². The lowest BCUT2D eigenvalue weighted by Gasteiger charge is -2.26. The van der Waals surface area contributed by atoms with Gasteiger partial charge in [-0.15, -0.1) is 0 Å². The van der Waals surface area contributed by atoms with E-state index < -0.39 is 6.09 Å². The molecule has 2 amide bonds. The number of anilines is 1. The number of carbonyl (C=O) groups is 2. The number of aromatic amines is 1. The summed E-state index contributed by atoms with van der Waals surface area (Å²) in [4.78, 5) is 26.9. The molecule has 0 unspecified atom stereocenters. The van der Waals surface area contributed by atoms with Crippen LogP contribution in [0, 0.1) is 0 Å². The fraction of sp³-hybridized carbons (Fsp3) is 0.258. The number of hydrogen-bond acceptors (Lipinski definition) is 4. The van der Waals surface area contributed by atoms with Crippen molar-refractivity contribution in [3.63, 3.8) is 0 Å². The maximum Gasteiger partial charge on any atom is 0.409 e. The molecule has 39 heavy (non-hydrogen) atoms. The van der Waals surface area contributed by atoms with Gasteiger partial charge in [-0.1, -0.05) is 55.0 Å². The van der Waals surface area contributed by atoms with Gasteiger partial charge >= 0.3 is 6.09 Å². The smallest absolute Gasteiger partial charge is 0.409 e. The van der Waals surface area contributed by atoms with E-state index in [1.54, 1.807) is 12.3 Å². The number of nitrogens with zero attached hydrogens (tertiary/aromatic N) is 1. The molecule has 3 aromatic carbocycles. The molecule has 2 aliphatic carbocycles. The molecule has 2 saturated carbocycles. The molecular weight excluding hydrogens is 490 g/mol. The van der Waals surface area contributed by atoms with Crippen LogP contribution in [-0.4, -0.2) is 34.3 Å². The molecule has 198 valence electrons. The average molecular weight is 522 g/mol. The van der Waals surface area contributed by atoms with E-state index in [2.05, 4.69) is 68.6 Å². The van der Waals surface area contributed by atoms with Crippen LogP contribution in [0.2, 0.25) is 0 Å². The van der Waals surface area contributed by atoms with Crippen molar-refractivity contribution < 1.29 is 14.7 Å². The zero-order chi connectivity index (χ0) is 26.8. The fourth-order valence-corrected chi connectivity index (χ4v) is 5.16. The zero-order valence-electron chi connectivity index (χ0n) is 21.5. The predicted molar refractivity (Wildman–Crippen MR) is 153 cm³/mol. The van der Waals surface area contributed by atoms with Crippen molar-refractivity contribution in [1.82, 2.24) is 15.7 Å². The summed E-state index contributed by atoms with van der Waals surface area (Å²) in [6, 6.07) is 22.8. The number of H-pyrrole nitrogens is 1. The average Bonchev–Trinajstić information content (AvgIpc) is 3.71. The number of carbonyl (C=O) groups excluding carboxylic acids is 1. The Labute approximate surface area is 226 Å². The molecule has 7 rings (SSSR count). The highest BCUT2D eigenvalue weighted by molar-refractivity contribution is 6.18. The summed E-state index contributed by atoms with van der Waals surface area (Å²) in [5, 5.41) is 19.7. The second-order valence-corrected chi connectivity index (χ2v) is 10.4. The Morgan fingerprint density at radius 2 is 1.82 bits per heavy atom. The molecule has 0 spiro atoms. The number of hydrogen-bond donors (Lipinski definition) is 5. The lowest BCUT2D eigenvalue weighted by molar-refractivity contribution is 0.0957. The Morgan fingerprint density at radius 3 is 2.54 bits per heavy atom. The number of nitrogens with one attached hydrogen (secondary N) is 4. The molecule has 1 aromatic heterocycles. The molecule has 8 nitrogen and oxygen atoms in total. The highest BCUT2D eigenvalue weighted by Crippen LogP contribution is 2.39. The molecular formula is C31H31N5O3. The summed E-state index contributed by atoms with van der Waals surface area (Å²) in [5.41, 5.74) is 9.16. The van der Waals surface area contributed by atoms with Gasteiger partial charge in [-0.3, -0.25) is 10.1 Å². The summed E-state index contributed by atoms with van der Waals surface area (Å²) >= 11 is 0. The number of hydrazone groups is 1. The fourth-order valence-electron chi connectivity index (χ4n) is 5.16. The van der Waals surface area contributed by atoms with E-state index in [0.717, 1.165) is 34.7 Å². The van der Waals surface area contributed by atoms with Crippen LogP contribution in [0.1, 0.15) is 65.1 Å². The van der Waals surface area contributed by atoms with E-state index in [0.29, 0.717) is 22.8 Å². The summed E-state index contributed by atoms with van der Waals surface area (Å²) < 4.78 is 0. The first-order chi connectivity index (χ1) is 19.0. The van der Waals surface area contributed by atoms with Crippen molar-refractivity contribution in [2.24, 2.45) is 5.10 Å². The predicted octanol–water partition coefficient (Wildman–Crippen LogP) is 6.21. The number of amides is 2. The maximum atomic E-state index is 12.5. The molecule has 0 atom stereocenters. The van der Waals surface area contributed by atoms with Crippen LogP contribution in [0.5, 0.6) is 0 Å². The van der Waals surface area contributed by atoms with Crippen molar-refractivity contribution >= 4 is 34.8 Å². The van der Waals surface area contributed by atoms with Crippen LogP contribution < -0.4 is 16.1 Å². The minimum atomic E-state index is -1.19. The van der Waals surface area contributed by atoms with Gasteiger partial charge in [0.1, 0.15) is 0 Å². The van der Waals surface area contributed by atoms with Crippen molar-refractivity contribution in [1.29, 1.82) is 0 Å². The molecule has 0 saturated heterocycles. The monoisotopic (exact) mass is 521 g/mol. The molecule has 8 heteroatoms. The third-order valence-corrected chi connectivity index (χ3v) is 7.56. The summed E-state index contributed by atoms with van der Waals surface area (Å²) in [6.07, 6.45) is 7.02. The molecule has 5 N–H and O–H groups in total. The Kier molecular flexibility index (Phi) is 6.85. The van der Waals surface area contributed by atoms with Gasteiger partial charge in [0, 0.05) is 34.7 Å². The van der Waals surface area contributed by atoms with Crippen molar-refractivity contribution in [3.05, 3.63) is 89.0 Å². The Bertz CT molecular complexity index is 1550. The van der Waals surface area contributed by atoms with E-state index in [9.17, 15) is 9.59 Å². The van der Waals surface area contributed by atoms with Crippen LogP contribution in [0.4, 0.5) is 10.5 Å². The van der Waals surface area contributed by atoms with Crippen LogP contribution in [0.3, 0.4) is 0 Å². The van der Waals surface area contributed by atoms with E-state index >= 15 is 0 Å². The number of rotatable bonds is 6. The number of aromatic nitrogens is 1. The lowest BCUT2D eigenvalue weighted by Crippen LogP contribution is -2.34. The number of benzene rings is 3. The van der Waals surface area contributed by atoms with Gasteiger partial charge in [0.05, 0.1) is 17.5 Å². The Morgan fingerprint density at radius 1 is 1.00 bits per heavy atom. The topological polar surface area (TPSA) is 119 Å². The van der Waals surface area contributed by atoms with Crippen LogP contribution in [0.15, 0.2) is 71.8 Å². The molecule has 1 aliphatic heterocycles. The minimum Gasteiger partial charge on any atom is -0.465 e. The lowest BCUT2D eigenvalue weighted by atomic mass is 9.93. The first-order valence-electron chi connectivity index (χ1n) is 13.5. The summed E-state index contributed by atoms with van der Waals surface area (Å²) in [6.45, 7) is 0.806. The van der Waals surface area contributed by atoms with Gasteiger partial charge in [0.2, 0.25) is 0 Å². The largest absolute Gasteiger partial charge is 0.465 e. The normalized spacial score (nSPS) is 16.1. The summed E-state index contributed by atoms with van der Waals surface area (Å²) in [7, 11) is 0. The minimum absolute atomic E-state index is 0.319.